The van der Waals surface area contributed by atoms with Crippen molar-refractivity contribution in [2.45, 2.75) is 51.9 Å². The number of nitrogens with one attached hydrogen (secondary N) is 2. The Morgan fingerprint density at radius 2 is 1.77 bits per heavy atom. The Morgan fingerprint density at radius 1 is 1.08 bits per heavy atom. The van der Waals surface area contributed by atoms with Gasteiger partial charge in [0.1, 0.15) is 0 Å². The number of piperidine rings is 2. The summed E-state index contributed by atoms with van der Waals surface area (Å²) in [7, 11) is 3.59. The van der Waals surface area contributed by atoms with Crippen molar-refractivity contribution in [1.82, 2.24) is 20.4 Å². The lowest BCUT2D eigenvalue weighted by Crippen LogP contribution is -2.46. The summed E-state index contributed by atoms with van der Waals surface area (Å²) in [6.45, 7) is 9.14. The van der Waals surface area contributed by atoms with Gasteiger partial charge in [-0.1, -0.05) is 6.92 Å². The fraction of sp³-hybridized carbons (Fsp3) is 0.900. The van der Waals surface area contributed by atoms with Crippen molar-refractivity contribution >= 4 is 11.9 Å². The SMILES string of the molecule is CN=C(NCCCCN1CCC(C)CC1)N1CCC(CC(=O)NC)CC1. The first kappa shape index (κ1) is 21.0. The maximum absolute atomic E-state index is 11.5. The molecule has 0 spiro atoms. The van der Waals surface area contributed by atoms with Gasteiger partial charge in [0.05, 0.1) is 0 Å². The van der Waals surface area contributed by atoms with E-state index in [1.54, 1.807) is 7.05 Å². The van der Waals surface area contributed by atoms with E-state index in [9.17, 15) is 4.79 Å². The summed E-state index contributed by atoms with van der Waals surface area (Å²) in [4.78, 5) is 20.9. The Balaban J connectivity index is 1.57. The number of rotatable bonds is 7. The van der Waals surface area contributed by atoms with Gasteiger partial charge in [-0.3, -0.25) is 9.79 Å². The van der Waals surface area contributed by atoms with E-state index in [0.717, 1.165) is 44.4 Å². The Hall–Kier alpha value is -1.30. The highest BCUT2D eigenvalue weighted by molar-refractivity contribution is 5.80. The predicted molar refractivity (Wildman–Crippen MR) is 108 cm³/mol. The van der Waals surface area contributed by atoms with E-state index in [1.165, 1.54) is 45.3 Å². The van der Waals surface area contributed by atoms with E-state index in [1.807, 2.05) is 7.05 Å². The molecule has 0 saturated carbocycles. The topological polar surface area (TPSA) is 60.0 Å². The first-order valence-electron chi connectivity index (χ1n) is 10.5. The highest BCUT2D eigenvalue weighted by Gasteiger charge is 2.23. The van der Waals surface area contributed by atoms with Crippen molar-refractivity contribution in [3.63, 3.8) is 0 Å². The lowest BCUT2D eigenvalue weighted by molar-refractivity contribution is -0.121. The zero-order valence-electron chi connectivity index (χ0n) is 17.1. The smallest absolute Gasteiger partial charge is 0.220 e. The summed E-state index contributed by atoms with van der Waals surface area (Å²) >= 11 is 0. The average Bonchev–Trinajstić information content (AvgIpc) is 2.67. The van der Waals surface area contributed by atoms with E-state index in [-0.39, 0.29) is 5.91 Å². The second-order valence-corrected chi connectivity index (χ2v) is 8.01. The van der Waals surface area contributed by atoms with E-state index in [4.69, 9.17) is 0 Å². The Morgan fingerprint density at radius 3 is 2.38 bits per heavy atom. The largest absolute Gasteiger partial charge is 0.359 e. The average molecular weight is 366 g/mol. The molecule has 0 bridgehead atoms. The van der Waals surface area contributed by atoms with Crippen LogP contribution in [0.1, 0.15) is 51.9 Å². The molecule has 2 aliphatic rings. The van der Waals surface area contributed by atoms with Gasteiger partial charge in [0.25, 0.3) is 0 Å². The third-order valence-electron chi connectivity index (χ3n) is 5.94. The molecular weight excluding hydrogens is 326 g/mol. The van der Waals surface area contributed by atoms with Crippen LogP contribution in [0.25, 0.3) is 0 Å². The van der Waals surface area contributed by atoms with Crippen molar-refractivity contribution in [2.75, 3.05) is 53.4 Å². The molecule has 0 aliphatic carbocycles. The van der Waals surface area contributed by atoms with Crippen LogP contribution in [-0.4, -0.2) is 75.0 Å². The van der Waals surface area contributed by atoms with Crippen molar-refractivity contribution in [3.8, 4) is 0 Å². The van der Waals surface area contributed by atoms with E-state index in [0.29, 0.717) is 12.3 Å². The van der Waals surface area contributed by atoms with Crippen LogP contribution in [0.15, 0.2) is 4.99 Å². The first-order chi connectivity index (χ1) is 12.6. The van der Waals surface area contributed by atoms with Crippen LogP contribution in [-0.2, 0) is 4.79 Å². The number of hydrogen-bond donors (Lipinski definition) is 2. The van der Waals surface area contributed by atoms with Gasteiger partial charge in [0.2, 0.25) is 5.91 Å². The molecular formula is C20H39N5O. The highest BCUT2D eigenvalue weighted by atomic mass is 16.1. The summed E-state index contributed by atoms with van der Waals surface area (Å²) in [5, 5.41) is 6.26. The minimum atomic E-state index is 0.161. The van der Waals surface area contributed by atoms with Gasteiger partial charge in [0.15, 0.2) is 5.96 Å². The third kappa shape index (κ3) is 7.14. The fourth-order valence-corrected chi connectivity index (χ4v) is 3.99. The number of carbonyl (C=O) groups excluding carboxylic acids is 1. The molecule has 26 heavy (non-hydrogen) atoms. The van der Waals surface area contributed by atoms with Gasteiger partial charge < -0.3 is 20.4 Å². The van der Waals surface area contributed by atoms with Crippen LogP contribution in [0, 0.1) is 11.8 Å². The van der Waals surface area contributed by atoms with Crippen molar-refractivity contribution in [3.05, 3.63) is 0 Å². The highest BCUT2D eigenvalue weighted by Crippen LogP contribution is 2.20. The zero-order valence-corrected chi connectivity index (χ0v) is 17.1. The normalized spacial score (nSPS) is 21.0. The molecule has 0 unspecified atom stereocenters. The van der Waals surface area contributed by atoms with Crippen LogP contribution in [0.3, 0.4) is 0 Å². The molecule has 2 fully saturated rings. The molecule has 2 saturated heterocycles. The van der Waals surface area contributed by atoms with Gasteiger partial charge in [-0.05, 0) is 70.0 Å². The molecule has 2 aliphatic heterocycles. The number of nitrogens with zero attached hydrogens (tertiary/aromatic N) is 3. The molecule has 1 amide bonds. The molecule has 0 aromatic rings. The number of guanidine groups is 1. The van der Waals surface area contributed by atoms with Crippen molar-refractivity contribution in [1.29, 1.82) is 0 Å². The predicted octanol–water partition coefficient (Wildman–Crippen LogP) is 1.92. The van der Waals surface area contributed by atoms with Crippen LogP contribution >= 0.6 is 0 Å². The molecule has 2 rings (SSSR count). The molecule has 6 heteroatoms. The lowest BCUT2D eigenvalue weighted by Gasteiger charge is -2.34. The maximum Gasteiger partial charge on any atom is 0.220 e. The minimum Gasteiger partial charge on any atom is -0.359 e. The second-order valence-electron chi connectivity index (χ2n) is 8.01. The fourth-order valence-electron chi connectivity index (χ4n) is 3.99. The minimum absolute atomic E-state index is 0.161. The summed E-state index contributed by atoms with van der Waals surface area (Å²) in [6, 6.07) is 0. The molecule has 150 valence electrons. The number of amides is 1. The van der Waals surface area contributed by atoms with Gasteiger partial charge in [-0.25, -0.2) is 0 Å². The monoisotopic (exact) mass is 365 g/mol. The quantitative estimate of drug-likeness (QED) is 0.411. The van der Waals surface area contributed by atoms with Gasteiger partial charge in [-0.15, -0.1) is 0 Å². The standard InChI is InChI=1S/C20H39N5O/c1-17-6-12-24(13-7-17)11-5-4-10-23-20(22-3)25-14-8-18(9-15-25)16-19(26)21-2/h17-18H,4-16H2,1-3H3,(H,21,26)(H,22,23). The van der Waals surface area contributed by atoms with Crippen molar-refractivity contribution < 1.29 is 4.79 Å². The molecule has 2 N–H and O–H groups in total. The Labute approximate surface area is 159 Å². The van der Waals surface area contributed by atoms with Gasteiger partial charge in [-0.2, -0.15) is 0 Å². The second kappa shape index (κ2) is 11.4. The molecule has 6 nitrogen and oxygen atoms in total. The van der Waals surface area contributed by atoms with Gasteiger partial charge in [0, 0.05) is 40.2 Å². The number of hydrogen-bond acceptors (Lipinski definition) is 3. The van der Waals surface area contributed by atoms with E-state index < -0.39 is 0 Å². The van der Waals surface area contributed by atoms with Crippen molar-refractivity contribution in [2.24, 2.45) is 16.8 Å². The molecule has 2 heterocycles. The number of carbonyl (C=O) groups is 1. The third-order valence-corrected chi connectivity index (χ3v) is 5.94. The summed E-state index contributed by atoms with van der Waals surface area (Å²) in [6.07, 6.45) is 7.97. The lowest BCUT2D eigenvalue weighted by atomic mass is 9.93. The molecule has 0 aromatic heterocycles. The molecule has 0 aromatic carbocycles. The van der Waals surface area contributed by atoms with E-state index >= 15 is 0 Å². The summed E-state index contributed by atoms with van der Waals surface area (Å²) in [5.74, 6) is 2.61. The molecule has 0 radical (unpaired) electrons. The van der Waals surface area contributed by atoms with Crippen LogP contribution in [0.2, 0.25) is 0 Å². The summed E-state index contributed by atoms with van der Waals surface area (Å²) < 4.78 is 0. The molecule has 0 atom stereocenters. The maximum atomic E-state index is 11.5. The first-order valence-corrected chi connectivity index (χ1v) is 10.5. The van der Waals surface area contributed by atoms with E-state index in [2.05, 4.69) is 32.3 Å². The van der Waals surface area contributed by atoms with Crippen LogP contribution in [0.4, 0.5) is 0 Å². The zero-order chi connectivity index (χ0) is 18.8. The van der Waals surface area contributed by atoms with Crippen LogP contribution < -0.4 is 10.6 Å². The Kier molecular flexibility index (Phi) is 9.23. The van der Waals surface area contributed by atoms with Crippen LogP contribution in [0.5, 0.6) is 0 Å². The summed E-state index contributed by atoms with van der Waals surface area (Å²) in [5.41, 5.74) is 0. The number of unbranched alkanes of at least 4 members (excludes halogenated alkanes) is 1. The number of aliphatic imine (C=N–C) groups is 1. The number of likely N-dealkylation sites (tertiary alicyclic amines) is 2. The van der Waals surface area contributed by atoms with Gasteiger partial charge >= 0.3 is 0 Å². The Bertz CT molecular complexity index is 437.